The van der Waals surface area contributed by atoms with E-state index in [4.69, 9.17) is 129 Å². The van der Waals surface area contributed by atoms with Crippen LogP contribution in [-0.4, -0.2) is 213 Å². The number of benzene rings is 1. The number of carbonyl (C=O) groups is 10. The first-order valence-corrected chi connectivity index (χ1v) is 24.3. The van der Waals surface area contributed by atoms with Gasteiger partial charge in [-0.2, -0.15) is 0 Å². The molecule has 37 N–H and O–H groups in total. The van der Waals surface area contributed by atoms with Crippen LogP contribution in [0.4, 0.5) is 0 Å². The molecule has 82 heavy (non-hydrogen) atoms. The van der Waals surface area contributed by atoms with Crippen molar-refractivity contribution in [3.8, 4) is 5.75 Å². The van der Waals surface area contributed by atoms with Gasteiger partial charge in [0, 0.05) is 6.54 Å². The van der Waals surface area contributed by atoms with E-state index < -0.39 is 127 Å². The number of carboxylic acid groups (broad SMARTS) is 10. The van der Waals surface area contributed by atoms with Crippen LogP contribution >= 0.6 is 0 Å². The molecule has 9 atom stereocenters. The van der Waals surface area contributed by atoms with Gasteiger partial charge in [0.2, 0.25) is 0 Å². The highest BCUT2D eigenvalue weighted by Gasteiger charge is 2.17. The molecular weight excluding hydrogens is 1100 g/mol. The van der Waals surface area contributed by atoms with E-state index in [1.54, 1.807) is 12.1 Å². The van der Waals surface area contributed by atoms with Crippen molar-refractivity contribution in [3.05, 3.63) is 29.8 Å². The Kier molecular flexibility index (Phi) is 63.0. The van der Waals surface area contributed by atoms with Crippen LogP contribution in [-0.2, 0) is 54.4 Å². The molecule has 0 bridgehead atoms. The Morgan fingerprint density at radius 1 is 0.476 bits per heavy atom. The van der Waals surface area contributed by atoms with E-state index in [9.17, 15) is 47.9 Å². The Morgan fingerprint density at radius 2 is 0.817 bits per heavy atom. The fourth-order valence-electron chi connectivity index (χ4n) is 4.03. The van der Waals surface area contributed by atoms with Gasteiger partial charge in [-0.25, -0.2) is 0 Å². The highest BCUT2D eigenvalue weighted by atomic mass is 16.4. The van der Waals surface area contributed by atoms with Gasteiger partial charge >= 0.3 is 59.7 Å². The van der Waals surface area contributed by atoms with Crippen LogP contribution in [0.15, 0.2) is 29.3 Å². The monoisotopic (exact) mass is 1200 g/mol. The first-order chi connectivity index (χ1) is 37.4. The minimum atomic E-state index is -1.29. The molecule has 0 amide bonds. The highest BCUT2D eigenvalue weighted by Crippen LogP contribution is 2.11. The molecular formula is C46H93N13O23. The first kappa shape index (κ1) is 91.0. The summed E-state index contributed by atoms with van der Waals surface area (Å²) < 4.78 is 0. The van der Waals surface area contributed by atoms with Crippen LogP contribution in [0.3, 0.4) is 0 Å². The number of aromatic hydroxyl groups is 1. The Labute approximate surface area is 473 Å². The quantitative estimate of drug-likeness (QED) is 0.0222. The summed E-state index contributed by atoms with van der Waals surface area (Å²) >= 11 is 0. The van der Waals surface area contributed by atoms with E-state index in [1.165, 1.54) is 19.1 Å². The van der Waals surface area contributed by atoms with Crippen molar-refractivity contribution < 1.29 is 114 Å². The minimum absolute atomic E-state index is 0.0129. The van der Waals surface area contributed by atoms with Gasteiger partial charge in [0.05, 0.1) is 25.7 Å². The van der Waals surface area contributed by atoms with Crippen molar-refractivity contribution in [3.63, 3.8) is 0 Å². The molecule has 480 valence electrons. The number of phenols is 1. The lowest BCUT2D eigenvalue weighted by Gasteiger charge is -2.07. The highest BCUT2D eigenvalue weighted by molar-refractivity contribution is 5.80. The topological polar surface area (TPSA) is 758 Å². The number of aliphatic hydroxyl groups is 2. The van der Waals surface area contributed by atoms with Gasteiger partial charge in [-0.1, -0.05) is 46.2 Å². The maximum atomic E-state index is 10.4. The standard InChI is InChI=1S/C9H11NO3.C6H14N4O2.C6H14N2O2.2C6H13NO2.C4H7NO4.C4H9NO3.C3H7NO3.C2H5NO2/c10-8(9(12)13)5-6-1-3-7(11)4-2-6;7-4(5(11)12)2-1-3-10-6(8)9;7-4-2-1-3-5(8)6(9)10;2*1-4(2)3-5(7)6(8)9;5-2(4(8)9)1-3(6)7;1-2(6)3(5)4(7)8;4-2(1-5)3(6)7;3-1-2(4)5/h1-4,8,11H,5,10H2,(H,12,13);4H,1-3,7H2,(H,11,12)(H4,8,9,10);5H,1-4,7-8H2,(H,9,10);2*4-5H,3,7H2,1-2H3,(H,8,9);2H,1,5H2,(H,6,7)(H,8,9);2-3,6H,5H2,1H3,(H,7,8);2,5H,1,4H2,(H,6,7);1,3H2,(H,4,5)/t8-;4-;3*5-;2-;2-,3+;2-;/m00000010./s1. The molecule has 0 aromatic heterocycles. The molecule has 0 unspecified atom stereocenters. The number of aliphatic carboxylic acids is 10. The van der Waals surface area contributed by atoms with Gasteiger partial charge in [0.1, 0.15) is 54.1 Å². The van der Waals surface area contributed by atoms with Gasteiger partial charge in [-0.15, -0.1) is 0 Å². The third kappa shape index (κ3) is 74.6. The lowest BCUT2D eigenvalue weighted by atomic mass is 10.1. The normalized spacial score (nSPS) is 13.0. The summed E-state index contributed by atoms with van der Waals surface area (Å²) in [4.78, 5) is 103. The number of nitrogens with zero attached hydrogens (tertiary/aromatic N) is 1. The van der Waals surface area contributed by atoms with Gasteiger partial charge in [-0.3, -0.25) is 52.9 Å². The van der Waals surface area contributed by atoms with Gasteiger partial charge in [0.15, 0.2) is 5.96 Å². The van der Waals surface area contributed by atoms with Crippen molar-refractivity contribution in [1.29, 1.82) is 0 Å². The third-order valence-electron chi connectivity index (χ3n) is 8.57. The summed E-state index contributed by atoms with van der Waals surface area (Å²) in [5.74, 6) is -9.72. The number of unbranched alkanes of at least 4 members (excludes halogenated alkanes) is 1. The molecule has 0 saturated heterocycles. The second kappa shape index (κ2) is 56.8. The Balaban J connectivity index is -0.000000127. The Morgan fingerprint density at radius 3 is 1.01 bits per heavy atom. The van der Waals surface area contributed by atoms with E-state index in [0.717, 1.165) is 18.4 Å². The number of hydrogen-bond donors (Lipinski definition) is 25. The van der Waals surface area contributed by atoms with Crippen LogP contribution in [0.1, 0.15) is 91.5 Å². The molecule has 1 aromatic carbocycles. The average Bonchev–Trinajstić information content (AvgIpc) is 3.35. The van der Waals surface area contributed by atoms with E-state index >= 15 is 0 Å². The molecule has 1 rings (SSSR count). The van der Waals surface area contributed by atoms with Crippen molar-refractivity contribution >= 4 is 65.7 Å². The summed E-state index contributed by atoms with van der Waals surface area (Å²) in [5, 5.41) is 107. The predicted octanol–water partition coefficient (Wildman–Crippen LogP) is -5.71. The fraction of sp³-hybridized carbons (Fsp3) is 0.630. The first-order valence-electron chi connectivity index (χ1n) is 24.3. The SMILES string of the molecule is CC(C)C[C@H](N)C(=O)O.CC(C)C[C@H](N)C(=O)O.C[C@@H](O)[C@H](N)C(=O)O.NC(N)=NCCC[C@H](N)C(=O)O.NCC(=O)O.NCCCC[C@H](N)C(=O)O.N[C@@H](CC(=O)O)C(=O)O.N[C@@H](CO)C(=O)O.N[C@@H](Cc1ccc(O)cc1)C(=O)O. The van der Waals surface area contributed by atoms with E-state index in [1.807, 2.05) is 27.7 Å². The molecule has 36 heteroatoms. The molecule has 0 aliphatic rings. The van der Waals surface area contributed by atoms with Gasteiger partial charge in [0.25, 0.3) is 0 Å². The zero-order valence-corrected chi connectivity index (χ0v) is 46.6. The second-order valence-corrected chi connectivity index (χ2v) is 17.5. The molecule has 0 heterocycles. The number of carboxylic acids is 10. The van der Waals surface area contributed by atoms with Crippen molar-refractivity contribution in [2.24, 2.45) is 85.6 Å². The van der Waals surface area contributed by atoms with Gasteiger partial charge in [-0.05, 0) is 87.9 Å². The van der Waals surface area contributed by atoms with Crippen LogP contribution in [0.25, 0.3) is 0 Å². The molecule has 0 aliphatic carbocycles. The van der Waals surface area contributed by atoms with Crippen molar-refractivity contribution in [1.82, 2.24) is 0 Å². The average molecular weight is 1200 g/mol. The number of phenolic OH excluding ortho intramolecular Hbond substituents is 1. The van der Waals surface area contributed by atoms with E-state index in [-0.39, 0.29) is 24.7 Å². The summed E-state index contributed by atoms with van der Waals surface area (Å²) in [5.41, 5.74) is 61.4. The number of aliphatic imine (C=N–C) groups is 1. The number of nitrogens with two attached hydrogens (primary N) is 12. The third-order valence-corrected chi connectivity index (χ3v) is 8.57. The van der Waals surface area contributed by atoms with E-state index in [0.29, 0.717) is 57.0 Å². The molecule has 0 radical (unpaired) electrons. The Hall–Kier alpha value is -7.49. The molecule has 1 aromatic rings. The fourth-order valence-corrected chi connectivity index (χ4v) is 4.03. The lowest BCUT2D eigenvalue weighted by molar-refractivity contribution is -0.144. The minimum Gasteiger partial charge on any atom is -0.508 e. The summed E-state index contributed by atoms with van der Waals surface area (Å²) in [7, 11) is 0. The second-order valence-electron chi connectivity index (χ2n) is 17.5. The summed E-state index contributed by atoms with van der Waals surface area (Å²) in [6, 6.07) is -1.06. The summed E-state index contributed by atoms with van der Waals surface area (Å²) in [6.07, 6.45) is 2.98. The largest absolute Gasteiger partial charge is 0.508 e. The van der Waals surface area contributed by atoms with Crippen LogP contribution in [0, 0.1) is 11.8 Å². The molecule has 0 fully saturated rings. The molecule has 0 aliphatic heterocycles. The predicted molar refractivity (Wildman–Crippen MR) is 296 cm³/mol. The van der Waals surface area contributed by atoms with Crippen molar-refractivity contribution in [2.75, 3.05) is 26.2 Å². The van der Waals surface area contributed by atoms with Gasteiger partial charge < -0.3 is 135 Å². The summed E-state index contributed by atoms with van der Waals surface area (Å²) in [6.45, 7) is 9.36. The zero-order chi connectivity index (χ0) is 66.6. The van der Waals surface area contributed by atoms with Crippen LogP contribution in [0.2, 0.25) is 0 Å². The Bertz CT molecular complexity index is 1920. The van der Waals surface area contributed by atoms with Crippen LogP contribution < -0.4 is 68.8 Å². The number of rotatable bonds is 27. The van der Waals surface area contributed by atoms with Crippen molar-refractivity contribution in [2.45, 2.75) is 147 Å². The smallest absolute Gasteiger partial charge is 0.323 e. The number of guanidine groups is 1. The van der Waals surface area contributed by atoms with E-state index in [2.05, 4.69) is 10.7 Å². The maximum Gasteiger partial charge on any atom is 0.323 e. The lowest BCUT2D eigenvalue weighted by Crippen LogP contribution is -2.39. The number of hydrogen-bond acceptors (Lipinski definition) is 24. The molecule has 0 saturated carbocycles. The number of aliphatic hydroxyl groups excluding tert-OH is 2. The maximum absolute atomic E-state index is 10.4. The molecule has 36 nitrogen and oxygen atoms in total. The van der Waals surface area contributed by atoms with Crippen LogP contribution in [0.5, 0.6) is 5.75 Å². The zero-order valence-electron chi connectivity index (χ0n) is 46.6. The molecule has 0 spiro atoms.